The molecule has 15 heavy (non-hydrogen) atoms. The fraction of sp³-hybridized carbons (Fsp3) is 0.625. The van der Waals surface area contributed by atoms with Crippen LogP contribution in [0.3, 0.4) is 0 Å². The first-order valence-corrected chi connectivity index (χ1v) is 4.56. The Morgan fingerprint density at radius 3 is 2.93 bits per heavy atom. The summed E-state index contributed by atoms with van der Waals surface area (Å²) >= 11 is 0. The number of amidine groups is 1. The molecule has 0 fully saturated rings. The first-order valence-electron chi connectivity index (χ1n) is 4.56. The Morgan fingerprint density at radius 2 is 2.47 bits per heavy atom. The fourth-order valence-corrected chi connectivity index (χ4v) is 1.13. The van der Waals surface area contributed by atoms with Crippen molar-refractivity contribution in [2.75, 3.05) is 7.05 Å². The van der Waals surface area contributed by atoms with E-state index in [4.69, 9.17) is 10.9 Å². The van der Waals surface area contributed by atoms with Crippen LogP contribution in [-0.2, 0) is 13.6 Å². The molecule has 0 saturated carbocycles. The van der Waals surface area contributed by atoms with Gasteiger partial charge in [0.25, 0.3) is 0 Å². The van der Waals surface area contributed by atoms with Crippen molar-refractivity contribution < 1.29 is 5.21 Å². The number of hydrogen-bond acceptors (Lipinski definition) is 5. The summed E-state index contributed by atoms with van der Waals surface area (Å²) in [5.41, 5.74) is 5.50. The average Bonchev–Trinajstić information content (AvgIpc) is 2.62. The van der Waals surface area contributed by atoms with Gasteiger partial charge in [-0.05, 0) is 14.0 Å². The van der Waals surface area contributed by atoms with Gasteiger partial charge in [0, 0.05) is 7.05 Å². The fourth-order valence-electron chi connectivity index (χ4n) is 1.13. The van der Waals surface area contributed by atoms with Gasteiger partial charge in [-0.2, -0.15) is 5.10 Å². The molecule has 0 aliphatic rings. The molecule has 0 aliphatic carbocycles. The molecule has 1 heterocycles. The predicted octanol–water partition coefficient (Wildman–Crippen LogP) is -0.618. The molecule has 1 rings (SSSR count). The number of nitrogens with zero attached hydrogens (tertiary/aromatic N) is 5. The lowest BCUT2D eigenvalue weighted by atomic mass is 10.3. The van der Waals surface area contributed by atoms with Crippen molar-refractivity contribution in [3.63, 3.8) is 0 Å². The number of aryl methyl sites for hydroxylation is 1. The first kappa shape index (κ1) is 11.4. The lowest BCUT2D eigenvalue weighted by Crippen LogP contribution is -2.40. The van der Waals surface area contributed by atoms with E-state index in [0.717, 1.165) is 5.82 Å². The molecule has 0 spiro atoms. The van der Waals surface area contributed by atoms with E-state index in [1.165, 1.54) is 6.33 Å². The van der Waals surface area contributed by atoms with Crippen LogP contribution in [0.5, 0.6) is 0 Å². The number of hydrogen-bond donors (Lipinski definition) is 2. The summed E-state index contributed by atoms with van der Waals surface area (Å²) in [5, 5.41) is 15.5. The van der Waals surface area contributed by atoms with E-state index in [1.807, 2.05) is 25.9 Å². The third-order valence-corrected chi connectivity index (χ3v) is 2.40. The Kier molecular flexibility index (Phi) is 3.62. The highest BCUT2D eigenvalue weighted by molar-refractivity contribution is 5.84. The SMILES string of the molecule is CC(C(N)=NO)N(C)Cc1ncnn1C. The summed E-state index contributed by atoms with van der Waals surface area (Å²) in [7, 11) is 3.70. The standard InChI is InChI=1S/C8H16N6O/c1-6(8(9)12-15)13(2)4-7-10-5-11-14(7)3/h5-6,15H,4H2,1-3H3,(H2,9,12). The van der Waals surface area contributed by atoms with Gasteiger partial charge in [-0.1, -0.05) is 5.16 Å². The summed E-state index contributed by atoms with van der Waals surface area (Å²) in [6, 6.07) is -0.147. The third-order valence-electron chi connectivity index (χ3n) is 2.40. The van der Waals surface area contributed by atoms with Crippen LogP contribution in [0.1, 0.15) is 12.7 Å². The largest absolute Gasteiger partial charge is 0.409 e. The van der Waals surface area contributed by atoms with Crippen LogP contribution in [0.15, 0.2) is 11.5 Å². The topological polar surface area (TPSA) is 92.6 Å². The Balaban J connectivity index is 2.64. The zero-order valence-electron chi connectivity index (χ0n) is 9.12. The molecular weight excluding hydrogens is 196 g/mol. The van der Waals surface area contributed by atoms with Crippen LogP contribution < -0.4 is 5.73 Å². The molecule has 1 unspecified atom stereocenters. The van der Waals surface area contributed by atoms with Crippen LogP contribution in [0.2, 0.25) is 0 Å². The number of aromatic nitrogens is 3. The highest BCUT2D eigenvalue weighted by atomic mass is 16.4. The van der Waals surface area contributed by atoms with Crippen molar-refractivity contribution in [3.05, 3.63) is 12.2 Å². The second kappa shape index (κ2) is 4.74. The Morgan fingerprint density at radius 1 is 1.80 bits per heavy atom. The molecule has 1 aromatic rings. The van der Waals surface area contributed by atoms with E-state index in [2.05, 4.69) is 15.2 Å². The number of likely N-dealkylation sites (N-methyl/N-ethyl adjacent to an activating group) is 1. The van der Waals surface area contributed by atoms with Gasteiger partial charge in [-0.25, -0.2) is 4.98 Å². The molecular formula is C8H16N6O. The molecule has 0 aliphatic heterocycles. The Labute approximate surface area is 88.2 Å². The summed E-state index contributed by atoms with van der Waals surface area (Å²) in [4.78, 5) is 6.01. The van der Waals surface area contributed by atoms with E-state index in [0.29, 0.717) is 6.54 Å². The predicted molar refractivity (Wildman–Crippen MR) is 55.3 cm³/mol. The van der Waals surface area contributed by atoms with Gasteiger partial charge in [-0.15, -0.1) is 0 Å². The van der Waals surface area contributed by atoms with Crippen LogP contribution in [0.25, 0.3) is 0 Å². The van der Waals surface area contributed by atoms with Crippen molar-refractivity contribution in [3.8, 4) is 0 Å². The van der Waals surface area contributed by atoms with Crippen molar-refractivity contribution >= 4 is 5.84 Å². The number of rotatable bonds is 4. The molecule has 7 heteroatoms. The summed E-state index contributed by atoms with van der Waals surface area (Å²) in [5.74, 6) is 1.01. The summed E-state index contributed by atoms with van der Waals surface area (Å²) < 4.78 is 1.69. The minimum absolute atomic E-state index is 0.147. The lowest BCUT2D eigenvalue weighted by molar-refractivity contribution is 0.271. The minimum atomic E-state index is -0.147. The van der Waals surface area contributed by atoms with Gasteiger partial charge < -0.3 is 10.9 Å². The van der Waals surface area contributed by atoms with Gasteiger partial charge in [0.05, 0.1) is 12.6 Å². The Hall–Kier alpha value is -1.63. The summed E-state index contributed by atoms with van der Waals surface area (Å²) in [6.07, 6.45) is 1.50. The summed E-state index contributed by atoms with van der Waals surface area (Å²) in [6.45, 7) is 2.44. The second-order valence-electron chi connectivity index (χ2n) is 3.42. The van der Waals surface area contributed by atoms with Crippen LogP contribution >= 0.6 is 0 Å². The Bertz CT molecular complexity index is 347. The smallest absolute Gasteiger partial charge is 0.156 e. The van der Waals surface area contributed by atoms with Gasteiger partial charge in [0.2, 0.25) is 0 Å². The van der Waals surface area contributed by atoms with E-state index in [9.17, 15) is 0 Å². The molecule has 0 aromatic carbocycles. The molecule has 0 bridgehead atoms. The van der Waals surface area contributed by atoms with E-state index >= 15 is 0 Å². The lowest BCUT2D eigenvalue weighted by Gasteiger charge is -2.22. The molecule has 7 nitrogen and oxygen atoms in total. The van der Waals surface area contributed by atoms with Gasteiger partial charge in [0.1, 0.15) is 12.2 Å². The molecule has 3 N–H and O–H groups in total. The van der Waals surface area contributed by atoms with Gasteiger partial charge in [0.15, 0.2) is 5.84 Å². The van der Waals surface area contributed by atoms with Gasteiger partial charge >= 0.3 is 0 Å². The number of oxime groups is 1. The van der Waals surface area contributed by atoms with Crippen LogP contribution in [0.4, 0.5) is 0 Å². The zero-order chi connectivity index (χ0) is 11.4. The number of nitrogens with two attached hydrogens (primary N) is 1. The zero-order valence-corrected chi connectivity index (χ0v) is 9.12. The average molecular weight is 212 g/mol. The normalized spacial score (nSPS) is 14.5. The minimum Gasteiger partial charge on any atom is -0.409 e. The highest BCUT2D eigenvalue weighted by Gasteiger charge is 2.15. The molecule has 0 saturated heterocycles. The van der Waals surface area contributed by atoms with Crippen molar-refractivity contribution in [2.45, 2.75) is 19.5 Å². The van der Waals surface area contributed by atoms with Crippen molar-refractivity contribution in [1.82, 2.24) is 19.7 Å². The highest BCUT2D eigenvalue weighted by Crippen LogP contribution is 2.02. The molecule has 0 amide bonds. The maximum absolute atomic E-state index is 8.54. The molecule has 1 aromatic heterocycles. The maximum Gasteiger partial charge on any atom is 0.156 e. The van der Waals surface area contributed by atoms with E-state index in [1.54, 1.807) is 4.68 Å². The van der Waals surface area contributed by atoms with Crippen LogP contribution in [0, 0.1) is 0 Å². The maximum atomic E-state index is 8.54. The van der Waals surface area contributed by atoms with E-state index < -0.39 is 0 Å². The monoisotopic (exact) mass is 212 g/mol. The second-order valence-corrected chi connectivity index (χ2v) is 3.42. The first-order chi connectivity index (χ1) is 7.06. The van der Waals surface area contributed by atoms with Crippen molar-refractivity contribution in [1.29, 1.82) is 0 Å². The van der Waals surface area contributed by atoms with Crippen molar-refractivity contribution in [2.24, 2.45) is 17.9 Å². The van der Waals surface area contributed by atoms with Gasteiger partial charge in [-0.3, -0.25) is 9.58 Å². The molecule has 1 atom stereocenters. The quantitative estimate of drug-likeness (QED) is 0.300. The molecule has 84 valence electrons. The van der Waals surface area contributed by atoms with Crippen LogP contribution in [-0.4, -0.2) is 43.8 Å². The molecule has 0 radical (unpaired) electrons. The van der Waals surface area contributed by atoms with E-state index in [-0.39, 0.29) is 11.9 Å². The third kappa shape index (κ3) is 2.66.